The van der Waals surface area contributed by atoms with Crippen LogP contribution in [0.15, 0.2) is 58.3 Å². The summed E-state index contributed by atoms with van der Waals surface area (Å²) in [5.74, 6) is -0.0183. The number of carbonyl (C=O) groups excluding carboxylic acids is 1. The van der Waals surface area contributed by atoms with E-state index in [2.05, 4.69) is 23.6 Å². The lowest BCUT2D eigenvalue weighted by atomic mass is 9.91. The molecule has 3 heterocycles. The Hall–Kier alpha value is -4.58. The van der Waals surface area contributed by atoms with E-state index in [1.807, 2.05) is 37.3 Å². The van der Waals surface area contributed by atoms with Crippen molar-refractivity contribution in [3.8, 4) is 28.3 Å². The summed E-state index contributed by atoms with van der Waals surface area (Å²) in [6.07, 6.45) is 2.46. The van der Waals surface area contributed by atoms with Crippen molar-refractivity contribution in [1.82, 2.24) is 19.4 Å². The predicted octanol–water partition coefficient (Wildman–Crippen LogP) is 3.03. The quantitative estimate of drug-likeness (QED) is 0.290. The fourth-order valence-electron chi connectivity index (χ4n) is 6.45. The zero-order chi connectivity index (χ0) is 32.0. The van der Waals surface area contributed by atoms with Crippen LogP contribution >= 0.6 is 0 Å². The number of rotatable bonds is 7. The fourth-order valence-corrected chi connectivity index (χ4v) is 6.45. The normalized spacial score (nSPS) is 19.0. The van der Waals surface area contributed by atoms with Gasteiger partial charge in [-0.15, -0.1) is 0 Å². The maximum Gasteiger partial charge on any atom is 0.330 e. The average Bonchev–Trinajstić information content (AvgIpc) is 3.64. The molecule has 2 aromatic carbocycles. The summed E-state index contributed by atoms with van der Waals surface area (Å²) in [5, 5.41) is 16.7. The van der Waals surface area contributed by atoms with E-state index in [4.69, 9.17) is 14.5 Å². The zero-order valence-corrected chi connectivity index (χ0v) is 26.0. The molecule has 11 heteroatoms. The number of aliphatic hydroxyl groups excluding tert-OH is 1. The van der Waals surface area contributed by atoms with E-state index >= 15 is 0 Å². The highest BCUT2D eigenvalue weighted by Gasteiger charge is 2.34. The summed E-state index contributed by atoms with van der Waals surface area (Å²) in [5.41, 5.74) is 7.01. The van der Waals surface area contributed by atoms with Crippen molar-refractivity contribution in [3.63, 3.8) is 0 Å². The molecule has 0 spiro atoms. The second kappa shape index (κ2) is 12.1. The third-order valence-electron chi connectivity index (χ3n) is 8.99. The average molecular weight is 612 g/mol. The Morgan fingerprint density at radius 1 is 1.04 bits per heavy atom. The molecule has 2 aliphatic rings. The highest BCUT2D eigenvalue weighted by molar-refractivity contribution is 6.04. The van der Waals surface area contributed by atoms with Crippen LogP contribution in [0.5, 0.6) is 5.88 Å². The van der Waals surface area contributed by atoms with Gasteiger partial charge in [0.1, 0.15) is 5.56 Å². The number of amides is 1. The molecule has 2 aromatic heterocycles. The topological polar surface area (TPSA) is 137 Å². The zero-order valence-electron chi connectivity index (χ0n) is 26.0. The van der Waals surface area contributed by atoms with E-state index in [9.17, 15) is 19.5 Å². The van der Waals surface area contributed by atoms with Gasteiger partial charge in [0.15, 0.2) is 0 Å². The molecule has 234 valence electrons. The van der Waals surface area contributed by atoms with Gasteiger partial charge in [-0.25, -0.2) is 9.78 Å². The van der Waals surface area contributed by atoms with Gasteiger partial charge in [0.25, 0.3) is 11.5 Å². The van der Waals surface area contributed by atoms with Crippen molar-refractivity contribution in [2.75, 3.05) is 25.6 Å². The van der Waals surface area contributed by atoms with Gasteiger partial charge < -0.3 is 29.8 Å². The first-order valence-electron chi connectivity index (χ1n) is 15.0. The minimum absolute atomic E-state index is 0.0202. The molecule has 3 atom stereocenters. The number of aryl methyl sites for hydroxylation is 2. The number of nitrogens with zero attached hydrogens (tertiary/aromatic N) is 3. The molecule has 0 radical (unpaired) electrons. The Morgan fingerprint density at radius 2 is 1.76 bits per heavy atom. The number of ether oxygens (including phenoxy) is 2. The van der Waals surface area contributed by atoms with Crippen molar-refractivity contribution in [1.29, 1.82) is 0 Å². The number of anilines is 1. The molecule has 1 fully saturated rings. The number of hydrogen-bond acceptors (Lipinski definition) is 8. The molecular formula is C34H37N5O6. The highest BCUT2D eigenvalue weighted by atomic mass is 16.5. The number of fused-ring (bicyclic) bond motifs is 1. The number of carbonyl (C=O) groups is 1. The van der Waals surface area contributed by atoms with Gasteiger partial charge in [0.05, 0.1) is 38.2 Å². The minimum Gasteiger partial charge on any atom is -0.481 e. The van der Waals surface area contributed by atoms with E-state index < -0.39 is 23.3 Å². The van der Waals surface area contributed by atoms with Crippen molar-refractivity contribution in [2.45, 2.75) is 44.9 Å². The third kappa shape index (κ3) is 5.47. The van der Waals surface area contributed by atoms with Crippen molar-refractivity contribution in [2.24, 2.45) is 14.1 Å². The summed E-state index contributed by atoms with van der Waals surface area (Å²) in [6, 6.07) is 13.7. The summed E-state index contributed by atoms with van der Waals surface area (Å²) in [4.78, 5) is 42.8. The number of pyridine rings is 1. The summed E-state index contributed by atoms with van der Waals surface area (Å²) >= 11 is 0. The Morgan fingerprint density at radius 3 is 2.47 bits per heavy atom. The molecule has 45 heavy (non-hydrogen) atoms. The molecule has 4 aromatic rings. The maximum absolute atomic E-state index is 13.2. The molecule has 3 N–H and O–H groups in total. The molecule has 1 unspecified atom stereocenters. The Labute approximate surface area is 260 Å². The van der Waals surface area contributed by atoms with E-state index in [1.165, 1.54) is 24.9 Å². The second-order valence-corrected chi connectivity index (χ2v) is 11.8. The fraction of sp³-hybridized carbons (Fsp3) is 0.353. The first kappa shape index (κ1) is 30.4. The number of nitrogens with one attached hydrogen (secondary N) is 2. The first-order chi connectivity index (χ1) is 21.6. The molecular weight excluding hydrogens is 574 g/mol. The SMILES string of the molecule is COc1nc(-c2cccc(-c3cccc(NC(=O)c4cn(C)c(=O)n(C)c4=O)c3C)c2C)cc2c1C(N[C@@H]1COC[C@@H]1O)CC2. The third-order valence-corrected chi connectivity index (χ3v) is 8.99. The van der Waals surface area contributed by atoms with Crippen LogP contribution in [-0.2, 0) is 25.3 Å². The Kier molecular flexibility index (Phi) is 8.17. The van der Waals surface area contributed by atoms with Gasteiger partial charge >= 0.3 is 5.69 Å². The van der Waals surface area contributed by atoms with Gasteiger partial charge in [0.2, 0.25) is 5.88 Å². The second-order valence-electron chi connectivity index (χ2n) is 11.8. The lowest BCUT2D eigenvalue weighted by Crippen LogP contribution is -2.40. The van der Waals surface area contributed by atoms with Crippen molar-refractivity contribution >= 4 is 11.6 Å². The Balaban J connectivity index is 1.32. The molecule has 11 nitrogen and oxygen atoms in total. The monoisotopic (exact) mass is 611 g/mol. The summed E-state index contributed by atoms with van der Waals surface area (Å²) in [7, 11) is 4.48. The largest absolute Gasteiger partial charge is 0.481 e. The smallest absolute Gasteiger partial charge is 0.330 e. The molecule has 6 rings (SSSR count). The van der Waals surface area contributed by atoms with Gasteiger partial charge in [-0.05, 0) is 66.6 Å². The Bertz CT molecular complexity index is 1930. The standard InChI is InChI=1S/C34H37N5O6/c1-18-21(22-9-7-11-25(19(22)2)36-31(41)24-15-38(3)34(43)39(4)33(24)42)8-6-10-23(18)27-14-20-12-13-26(30(20)32(37-27)44-5)35-28-16-45-17-29(28)40/h6-11,14-15,26,28-29,35,40H,12-13,16-17H2,1-5H3,(H,36,41)/t26?,28-,29+/m1/s1. The van der Waals surface area contributed by atoms with E-state index in [0.29, 0.717) is 24.8 Å². The van der Waals surface area contributed by atoms with Crippen LogP contribution in [-0.4, -0.2) is 57.6 Å². The molecule has 1 saturated heterocycles. The number of aromatic nitrogens is 3. The van der Waals surface area contributed by atoms with Crippen LogP contribution in [0, 0.1) is 13.8 Å². The van der Waals surface area contributed by atoms with Crippen LogP contribution in [0.4, 0.5) is 5.69 Å². The van der Waals surface area contributed by atoms with Crippen LogP contribution in [0.2, 0.25) is 0 Å². The number of hydrogen-bond donors (Lipinski definition) is 3. The van der Waals surface area contributed by atoms with Gasteiger partial charge in [-0.3, -0.25) is 14.2 Å². The molecule has 0 bridgehead atoms. The lowest BCUT2D eigenvalue weighted by Gasteiger charge is -2.22. The van der Waals surface area contributed by atoms with Crippen LogP contribution in [0.25, 0.3) is 22.4 Å². The van der Waals surface area contributed by atoms with E-state index in [1.54, 1.807) is 13.2 Å². The highest BCUT2D eigenvalue weighted by Crippen LogP contribution is 2.41. The van der Waals surface area contributed by atoms with Crippen LogP contribution in [0.1, 0.15) is 45.1 Å². The molecule has 1 amide bonds. The molecule has 1 aliphatic carbocycles. The van der Waals surface area contributed by atoms with Gasteiger partial charge in [-0.2, -0.15) is 0 Å². The first-order valence-corrected chi connectivity index (χ1v) is 15.0. The molecule has 1 aliphatic heterocycles. The van der Waals surface area contributed by atoms with Crippen LogP contribution in [0.3, 0.4) is 0 Å². The summed E-state index contributed by atoms with van der Waals surface area (Å²) < 4.78 is 13.4. The van der Waals surface area contributed by atoms with Crippen LogP contribution < -0.4 is 26.6 Å². The number of methoxy groups -OCH3 is 1. The summed E-state index contributed by atoms with van der Waals surface area (Å²) in [6.45, 7) is 4.79. The van der Waals surface area contributed by atoms with E-state index in [0.717, 1.165) is 62.0 Å². The predicted molar refractivity (Wildman–Crippen MR) is 171 cm³/mol. The number of aliphatic hydroxyl groups is 1. The lowest BCUT2D eigenvalue weighted by molar-refractivity contribution is 0.102. The maximum atomic E-state index is 13.2. The van der Waals surface area contributed by atoms with Gasteiger partial charge in [0, 0.05) is 43.1 Å². The van der Waals surface area contributed by atoms with Crippen molar-refractivity contribution < 1.29 is 19.4 Å². The number of benzene rings is 2. The van der Waals surface area contributed by atoms with E-state index in [-0.39, 0.29) is 17.6 Å². The molecule has 0 saturated carbocycles. The minimum atomic E-state index is -0.655. The van der Waals surface area contributed by atoms with Crippen molar-refractivity contribution in [3.05, 3.63) is 97.3 Å². The van der Waals surface area contributed by atoms with Gasteiger partial charge in [-0.1, -0.05) is 30.3 Å².